The van der Waals surface area contributed by atoms with Gasteiger partial charge in [0.05, 0.1) is 5.56 Å². The van der Waals surface area contributed by atoms with E-state index in [9.17, 15) is 13.2 Å². The molecule has 1 aromatic carbocycles. The molecule has 0 aliphatic heterocycles. The summed E-state index contributed by atoms with van der Waals surface area (Å²) in [6.45, 7) is 1.33. The van der Waals surface area contributed by atoms with Crippen molar-refractivity contribution in [2.45, 2.75) is 13.1 Å². The zero-order chi connectivity index (χ0) is 10.9. The molecule has 0 bridgehead atoms. The van der Waals surface area contributed by atoms with Gasteiger partial charge >= 0.3 is 6.18 Å². The summed E-state index contributed by atoms with van der Waals surface area (Å²) >= 11 is 0. The fraction of sp³-hybridized carbons (Fsp3) is 0.200. The number of nitrogens with two attached hydrogens (primary N) is 1. The van der Waals surface area contributed by atoms with Crippen molar-refractivity contribution in [3.8, 4) is 12.3 Å². The molecule has 1 aromatic rings. The number of anilines is 1. The molecule has 0 saturated heterocycles. The molecule has 0 spiro atoms. The second-order valence-corrected chi connectivity index (χ2v) is 2.90. The van der Waals surface area contributed by atoms with Gasteiger partial charge in [0.25, 0.3) is 0 Å². The maximum absolute atomic E-state index is 12.5. The second-order valence-electron chi connectivity index (χ2n) is 2.90. The minimum absolute atomic E-state index is 0.0467. The topological polar surface area (TPSA) is 26.0 Å². The molecule has 2 N–H and O–H groups in total. The average Bonchev–Trinajstić information content (AvgIpc) is 1.99. The number of aryl methyl sites for hydroxylation is 1. The van der Waals surface area contributed by atoms with Crippen LogP contribution in [0.2, 0.25) is 0 Å². The van der Waals surface area contributed by atoms with Crippen molar-refractivity contribution in [1.29, 1.82) is 0 Å². The molecule has 0 fully saturated rings. The Balaban J connectivity index is 3.51. The van der Waals surface area contributed by atoms with Gasteiger partial charge in [0.2, 0.25) is 0 Å². The molecule has 0 aliphatic carbocycles. The van der Waals surface area contributed by atoms with Gasteiger partial charge in [0, 0.05) is 11.3 Å². The number of alkyl halides is 3. The maximum atomic E-state index is 12.5. The number of hydrogen-bond donors (Lipinski definition) is 1. The molecule has 14 heavy (non-hydrogen) atoms. The summed E-state index contributed by atoms with van der Waals surface area (Å²) in [6, 6.07) is 2.40. The van der Waals surface area contributed by atoms with Gasteiger partial charge in [0.15, 0.2) is 0 Å². The van der Waals surface area contributed by atoms with Crippen LogP contribution < -0.4 is 5.73 Å². The highest BCUT2D eigenvalue weighted by atomic mass is 19.4. The summed E-state index contributed by atoms with van der Waals surface area (Å²) in [6.07, 6.45) is 0.548. The molecule has 0 saturated carbocycles. The van der Waals surface area contributed by atoms with Crippen molar-refractivity contribution in [3.05, 3.63) is 28.8 Å². The van der Waals surface area contributed by atoms with E-state index in [0.29, 0.717) is 0 Å². The predicted octanol–water partition coefficient (Wildman–Crippen LogP) is 2.58. The van der Waals surface area contributed by atoms with Crippen LogP contribution in [0.1, 0.15) is 16.7 Å². The summed E-state index contributed by atoms with van der Waals surface area (Å²) in [7, 11) is 0. The Bertz CT molecular complexity index is 399. The van der Waals surface area contributed by atoms with Gasteiger partial charge in [-0.05, 0) is 24.6 Å². The fourth-order valence-corrected chi connectivity index (χ4v) is 1.31. The number of halogens is 3. The van der Waals surface area contributed by atoms with E-state index < -0.39 is 11.7 Å². The number of hydrogen-bond acceptors (Lipinski definition) is 1. The lowest BCUT2D eigenvalue weighted by atomic mass is 10.0. The minimum Gasteiger partial charge on any atom is -0.399 e. The summed E-state index contributed by atoms with van der Waals surface area (Å²) < 4.78 is 37.5. The third kappa shape index (κ3) is 1.82. The third-order valence-corrected chi connectivity index (χ3v) is 1.80. The minimum atomic E-state index is -4.43. The first-order chi connectivity index (χ1) is 6.36. The van der Waals surface area contributed by atoms with E-state index in [1.807, 2.05) is 5.92 Å². The van der Waals surface area contributed by atoms with Gasteiger partial charge in [-0.1, -0.05) is 5.92 Å². The summed E-state index contributed by atoms with van der Waals surface area (Å²) in [5.41, 5.74) is 4.67. The van der Waals surface area contributed by atoms with Gasteiger partial charge in [-0.15, -0.1) is 6.42 Å². The first-order valence-electron chi connectivity index (χ1n) is 3.80. The average molecular weight is 199 g/mol. The highest BCUT2D eigenvalue weighted by Gasteiger charge is 2.34. The third-order valence-electron chi connectivity index (χ3n) is 1.80. The zero-order valence-electron chi connectivity index (χ0n) is 7.44. The Kier molecular flexibility index (Phi) is 2.43. The maximum Gasteiger partial charge on any atom is 0.417 e. The molecule has 0 atom stereocenters. The van der Waals surface area contributed by atoms with Crippen molar-refractivity contribution in [3.63, 3.8) is 0 Å². The molecule has 0 aromatic heterocycles. The van der Waals surface area contributed by atoms with Crippen LogP contribution in [-0.2, 0) is 6.18 Å². The van der Waals surface area contributed by atoms with Gasteiger partial charge < -0.3 is 5.73 Å². The molecule has 4 heteroatoms. The number of benzene rings is 1. The fourth-order valence-electron chi connectivity index (χ4n) is 1.31. The summed E-state index contributed by atoms with van der Waals surface area (Å²) in [5.74, 6) is 1.98. The number of rotatable bonds is 0. The SMILES string of the molecule is C#Cc1cc(N)cc(C)c1C(F)(F)F. The predicted molar refractivity (Wildman–Crippen MR) is 48.5 cm³/mol. The normalized spacial score (nSPS) is 11.1. The molecular weight excluding hydrogens is 191 g/mol. The van der Waals surface area contributed by atoms with E-state index >= 15 is 0 Å². The molecule has 1 nitrogen and oxygen atoms in total. The highest BCUT2D eigenvalue weighted by Crippen LogP contribution is 2.35. The first kappa shape index (κ1) is 10.5. The molecule has 0 aliphatic rings. The van der Waals surface area contributed by atoms with Crippen LogP contribution in [-0.4, -0.2) is 0 Å². The Labute approximate surface area is 79.7 Å². The van der Waals surface area contributed by atoms with E-state index in [4.69, 9.17) is 12.2 Å². The van der Waals surface area contributed by atoms with E-state index in [0.717, 1.165) is 6.07 Å². The Morgan fingerprint density at radius 3 is 2.36 bits per heavy atom. The first-order valence-corrected chi connectivity index (χ1v) is 3.80. The molecule has 74 valence electrons. The van der Waals surface area contributed by atoms with Crippen molar-refractivity contribution in [2.75, 3.05) is 5.73 Å². The molecule has 0 amide bonds. The van der Waals surface area contributed by atoms with Crippen LogP contribution in [0.15, 0.2) is 12.1 Å². The molecule has 0 radical (unpaired) electrons. The lowest BCUT2D eigenvalue weighted by molar-refractivity contribution is -0.138. The number of nitrogen functional groups attached to an aromatic ring is 1. The van der Waals surface area contributed by atoms with Crippen LogP contribution in [0.5, 0.6) is 0 Å². The van der Waals surface area contributed by atoms with Crippen LogP contribution in [0, 0.1) is 19.3 Å². The van der Waals surface area contributed by atoms with Crippen molar-refractivity contribution >= 4 is 5.69 Å². The smallest absolute Gasteiger partial charge is 0.399 e. The zero-order valence-corrected chi connectivity index (χ0v) is 7.44. The van der Waals surface area contributed by atoms with Gasteiger partial charge in [-0.3, -0.25) is 0 Å². The largest absolute Gasteiger partial charge is 0.417 e. The van der Waals surface area contributed by atoms with E-state index in [1.54, 1.807) is 0 Å². The highest BCUT2D eigenvalue weighted by molar-refractivity contribution is 5.55. The van der Waals surface area contributed by atoms with Gasteiger partial charge in [-0.25, -0.2) is 0 Å². The van der Waals surface area contributed by atoms with Crippen molar-refractivity contribution in [2.24, 2.45) is 0 Å². The Morgan fingerprint density at radius 2 is 1.93 bits per heavy atom. The van der Waals surface area contributed by atoms with Crippen LogP contribution in [0.4, 0.5) is 18.9 Å². The number of terminal acetylenes is 1. The van der Waals surface area contributed by atoms with Gasteiger partial charge in [-0.2, -0.15) is 13.2 Å². The van der Waals surface area contributed by atoms with Gasteiger partial charge in [0.1, 0.15) is 0 Å². The lowest BCUT2D eigenvalue weighted by Crippen LogP contribution is -2.10. The lowest BCUT2D eigenvalue weighted by Gasteiger charge is -2.13. The Morgan fingerprint density at radius 1 is 1.36 bits per heavy atom. The van der Waals surface area contributed by atoms with E-state index in [1.165, 1.54) is 13.0 Å². The molecule has 0 heterocycles. The van der Waals surface area contributed by atoms with E-state index in [-0.39, 0.29) is 16.8 Å². The molecule has 0 unspecified atom stereocenters. The van der Waals surface area contributed by atoms with E-state index in [2.05, 4.69) is 0 Å². The monoisotopic (exact) mass is 199 g/mol. The quantitative estimate of drug-likeness (QED) is 0.504. The summed E-state index contributed by atoms with van der Waals surface area (Å²) in [5, 5.41) is 0. The standard InChI is InChI=1S/C10H8F3N/c1-3-7-5-8(14)4-6(2)9(7)10(11,12)13/h1,4-5H,14H2,2H3. The van der Waals surface area contributed by atoms with Crippen molar-refractivity contribution < 1.29 is 13.2 Å². The molecule has 1 rings (SSSR count). The Hall–Kier alpha value is -1.63. The van der Waals surface area contributed by atoms with Crippen LogP contribution in [0.3, 0.4) is 0 Å². The van der Waals surface area contributed by atoms with Crippen LogP contribution >= 0.6 is 0 Å². The second kappa shape index (κ2) is 3.26. The summed E-state index contributed by atoms with van der Waals surface area (Å²) in [4.78, 5) is 0. The van der Waals surface area contributed by atoms with Crippen molar-refractivity contribution in [1.82, 2.24) is 0 Å². The van der Waals surface area contributed by atoms with Crippen LogP contribution in [0.25, 0.3) is 0 Å². The molecular formula is C10H8F3N.